The molecule has 2 aliphatic heterocycles. The van der Waals surface area contributed by atoms with E-state index in [1.54, 1.807) is 4.31 Å². The van der Waals surface area contributed by atoms with Crippen molar-refractivity contribution in [3.05, 3.63) is 59.8 Å². The van der Waals surface area contributed by atoms with Gasteiger partial charge in [0.25, 0.3) is 5.91 Å². The molecular formula is C28H36N4O4S. The number of likely N-dealkylation sites (tertiary alicyclic amines) is 1. The Labute approximate surface area is 218 Å². The van der Waals surface area contributed by atoms with E-state index in [9.17, 15) is 13.2 Å². The molecule has 0 spiro atoms. The van der Waals surface area contributed by atoms with Crippen LogP contribution in [0.4, 0.5) is 0 Å². The summed E-state index contributed by atoms with van der Waals surface area (Å²) in [4.78, 5) is 17.8. The molecule has 2 aromatic carbocycles. The number of aromatic nitrogens is 1. The molecule has 5 rings (SSSR count). The predicted molar refractivity (Wildman–Crippen MR) is 146 cm³/mol. The minimum Gasteiger partial charge on any atom is -0.379 e. The fourth-order valence-corrected chi connectivity index (χ4v) is 7.08. The Hall–Kier alpha value is -2.72. The average Bonchev–Trinajstić information content (AvgIpc) is 3.52. The maximum Gasteiger partial charge on any atom is 0.250 e. The number of aromatic amines is 1. The molecule has 1 amide bonds. The molecule has 198 valence electrons. The number of nitrogens with zero attached hydrogens (tertiary/aromatic N) is 2. The summed E-state index contributed by atoms with van der Waals surface area (Å²) >= 11 is 0. The molecule has 0 bridgehead atoms. The first-order valence-corrected chi connectivity index (χ1v) is 14.7. The lowest BCUT2D eigenvalue weighted by molar-refractivity contribution is 0.0954. The van der Waals surface area contributed by atoms with E-state index in [0.29, 0.717) is 31.3 Å². The van der Waals surface area contributed by atoms with E-state index in [2.05, 4.69) is 23.0 Å². The average molecular weight is 525 g/mol. The molecule has 3 N–H and O–H groups in total. The topological polar surface area (TPSA) is 109 Å². The van der Waals surface area contributed by atoms with Crippen LogP contribution < -0.4 is 5.73 Å². The van der Waals surface area contributed by atoms with Crippen LogP contribution in [-0.2, 0) is 14.8 Å². The van der Waals surface area contributed by atoms with Crippen LogP contribution in [0.25, 0.3) is 22.0 Å². The molecule has 1 atom stereocenters. The van der Waals surface area contributed by atoms with E-state index in [0.717, 1.165) is 53.4 Å². The van der Waals surface area contributed by atoms with Crippen molar-refractivity contribution in [3.63, 3.8) is 0 Å². The molecule has 0 saturated carbocycles. The highest BCUT2D eigenvalue weighted by Gasteiger charge is 2.30. The van der Waals surface area contributed by atoms with Crippen LogP contribution in [0.1, 0.15) is 47.5 Å². The van der Waals surface area contributed by atoms with Crippen LogP contribution in [0.3, 0.4) is 0 Å². The Morgan fingerprint density at radius 1 is 1.08 bits per heavy atom. The van der Waals surface area contributed by atoms with Crippen molar-refractivity contribution in [2.75, 3.05) is 45.6 Å². The van der Waals surface area contributed by atoms with Gasteiger partial charge in [-0.15, -0.1) is 0 Å². The molecule has 37 heavy (non-hydrogen) atoms. The van der Waals surface area contributed by atoms with E-state index in [1.807, 2.05) is 42.6 Å². The first-order chi connectivity index (χ1) is 17.8. The molecular weight excluding hydrogens is 488 g/mol. The Morgan fingerprint density at radius 3 is 2.51 bits per heavy atom. The Kier molecular flexibility index (Phi) is 7.67. The Morgan fingerprint density at radius 2 is 1.84 bits per heavy atom. The largest absolute Gasteiger partial charge is 0.379 e. The number of primary amides is 1. The number of likely N-dealkylation sites (N-methyl/N-ethyl adjacent to an activating group) is 1. The SMILES string of the molecule is CN1CCC[C@H]1COCCS(=O)(=O)N1CCC(c2c[nH]c3c(C(N)=O)cc(-c4ccccc4)cc23)CC1. The van der Waals surface area contributed by atoms with Crippen LogP contribution in [0.15, 0.2) is 48.7 Å². The van der Waals surface area contributed by atoms with Gasteiger partial charge in [0.1, 0.15) is 0 Å². The normalized spacial score (nSPS) is 20.1. The summed E-state index contributed by atoms with van der Waals surface area (Å²) in [5.74, 6) is -0.260. The number of sulfonamides is 1. The quantitative estimate of drug-likeness (QED) is 0.416. The van der Waals surface area contributed by atoms with Gasteiger partial charge in [-0.2, -0.15) is 0 Å². The predicted octanol–water partition coefficient (Wildman–Crippen LogP) is 3.55. The van der Waals surface area contributed by atoms with Crippen LogP contribution >= 0.6 is 0 Å². The number of amides is 1. The van der Waals surface area contributed by atoms with Gasteiger partial charge in [0, 0.05) is 30.7 Å². The number of hydrogen-bond acceptors (Lipinski definition) is 5. The highest BCUT2D eigenvalue weighted by Crippen LogP contribution is 2.37. The lowest BCUT2D eigenvalue weighted by Gasteiger charge is -2.31. The lowest BCUT2D eigenvalue weighted by Crippen LogP contribution is -2.40. The molecule has 2 aliphatic rings. The molecule has 3 aromatic rings. The number of nitrogens with one attached hydrogen (secondary N) is 1. The smallest absolute Gasteiger partial charge is 0.250 e. The minimum atomic E-state index is -3.36. The third-order valence-corrected chi connectivity index (χ3v) is 9.78. The maximum absolute atomic E-state index is 13.0. The van der Waals surface area contributed by atoms with E-state index in [4.69, 9.17) is 10.5 Å². The van der Waals surface area contributed by atoms with Crippen molar-refractivity contribution >= 4 is 26.8 Å². The molecule has 0 unspecified atom stereocenters. The van der Waals surface area contributed by atoms with Gasteiger partial charge in [0.05, 0.1) is 30.0 Å². The van der Waals surface area contributed by atoms with Crippen molar-refractivity contribution in [1.29, 1.82) is 0 Å². The molecule has 1 aromatic heterocycles. The summed E-state index contributed by atoms with van der Waals surface area (Å²) in [6.45, 7) is 2.85. The minimum absolute atomic E-state index is 0.0175. The van der Waals surface area contributed by atoms with Crippen molar-refractivity contribution in [2.45, 2.75) is 37.6 Å². The van der Waals surface area contributed by atoms with Crippen LogP contribution in [0, 0.1) is 0 Å². The van der Waals surface area contributed by atoms with E-state index < -0.39 is 15.9 Å². The molecule has 2 fully saturated rings. The van der Waals surface area contributed by atoms with Crippen LogP contribution in [0.2, 0.25) is 0 Å². The van der Waals surface area contributed by atoms with E-state index in [-0.39, 0.29) is 18.3 Å². The number of H-pyrrole nitrogens is 1. The van der Waals surface area contributed by atoms with Gasteiger partial charge in [0.2, 0.25) is 10.0 Å². The standard InChI is InChI=1S/C28H36N4O4S/c1-31-11-5-8-23(31)19-36-14-15-37(34,35)32-12-9-21(10-13-32)26-18-30-27-24(26)16-22(17-25(27)28(29)33)20-6-3-2-4-7-20/h2-4,6-7,16-18,21,23,30H,5,8-15,19H2,1H3,(H2,29,33)/t23-/m0/s1. The molecule has 2 saturated heterocycles. The molecule has 8 nitrogen and oxygen atoms in total. The number of carbonyl (C=O) groups excluding carboxylic acids is 1. The number of ether oxygens (including phenoxy) is 1. The Bertz CT molecular complexity index is 1350. The lowest BCUT2D eigenvalue weighted by atomic mass is 9.88. The number of fused-ring (bicyclic) bond motifs is 1. The van der Waals surface area contributed by atoms with Gasteiger partial charge in [-0.25, -0.2) is 12.7 Å². The highest BCUT2D eigenvalue weighted by molar-refractivity contribution is 7.89. The Balaban J connectivity index is 1.26. The molecule has 0 radical (unpaired) electrons. The van der Waals surface area contributed by atoms with Crippen molar-refractivity contribution in [1.82, 2.24) is 14.2 Å². The monoisotopic (exact) mass is 524 g/mol. The third kappa shape index (κ3) is 5.60. The van der Waals surface area contributed by atoms with Crippen molar-refractivity contribution in [2.24, 2.45) is 5.73 Å². The number of carbonyl (C=O) groups is 1. The van der Waals surface area contributed by atoms with Gasteiger partial charge < -0.3 is 20.4 Å². The second kappa shape index (κ2) is 10.9. The zero-order valence-corrected chi connectivity index (χ0v) is 22.2. The summed E-state index contributed by atoms with van der Waals surface area (Å²) in [5, 5.41) is 0.974. The number of rotatable bonds is 9. The van der Waals surface area contributed by atoms with Gasteiger partial charge in [-0.05, 0) is 74.0 Å². The van der Waals surface area contributed by atoms with Crippen molar-refractivity contribution < 1.29 is 17.9 Å². The zero-order chi connectivity index (χ0) is 26.0. The summed E-state index contributed by atoms with van der Waals surface area (Å²) in [6, 6.07) is 14.3. The van der Waals surface area contributed by atoms with Gasteiger partial charge in [0.15, 0.2) is 0 Å². The van der Waals surface area contributed by atoms with Crippen LogP contribution in [-0.4, -0.2) is 80.2 Å². The summed E-state index contributed by atoms with van der Waals surface area (Å²) in [7, 11) is -1.27. The van der Waals surface area contributed by atoms with Gasteiger partial charge >= 0.3 is 0 Å². The number of piperidine rings is 1. The number of hydrogen-bond donors (Lipinski definition) is 2. The van der Waals surface area contributed by atoms with E-state index in [1.165, 1.54) is 6.42 Å². The fourth-order valence-electron chi connectivity index (χ4n) is 5.73. The first kappa shape index (κ1) is 25.9. The second-order valence-corrected chi connectivity index (χ2v) is 12.4. The summed E-state index contributed by atoms with van der Waals surface area (Å²) in [6.07, 6.45) is 5.68. The van der Waals surface area contributed by atoms with Crippen molar-refractivity contribution in [3.8, 4) is 11.1 Å². The second-order valence-electron chi connectivity index (χ2n) is 10.3. The number of benzene rings is 2. The zero-order valence-electron chi connectivity index (χ0n) is 21.4. The van der Waals surface area contributed by atoms with Gasteiger partial charge in [-0.1, -0.05) is 30.3 Å². The fraction of sp³-hybridized carbons (Fsp3) is 0.464. The molecule has 9 heteroatoms. The number of nitrogens with two attached hydrogens (primary N) is 1. The molecule has 3 heterocycles. The molecule has 0 aliphatic carbocycles. The maximum atomic E-state index is 13.0. The van der Waals surface area contributed by atoms with Crippen LogP contribution in [0.5, 0.6) is 0 Å². The van der Waals surface area contributed by atoms with E-state index >= 15 is 0 Å². The third-order valence-electron chi connectivity index (χ3n) is 7.95. The van der Waals surface area contributed by atoms with Gasteiger partial charge in [-0.3, -0.25) is 4.79 Å². The summed E-state index contributed by atoms with van der Waals surface area (Å²) in [5.41, 5.74) is 9.99. The summed E-state index contributed by atoms with van der Waals surface area (Å²) < 4.78 is 33.2. The first-order valence-electron chi connectivity index (χ1n) is 13.1. The highest BCUT2D eigenvalue weighted by atomic mass is 32.2.